The van der Waals surface area contributed by atoms with Gasteiger partial charge in [0, 0.05) is 51.3 Å². The number of hydrogen-bond donors (Lipinski definition) is 1. The van der Waals surface area contributed by atoms with Crippen LogP contribution in [-0.4, -0.2) is 47.0 Å². The van der Waals surface area contributed by atoms with Crippen LogP contribution in [-0.2, 0) is 11.3 Å². The molecule has 1 saturated heterocycles. The minimum atomic E-state index is -0.241. The van der Waals surface area contributed by atoms with Crippen molar-refractivity contribution in [2.75, 3.05) is 26.2 Å². The summed E-state index contributed by atoms with van der Waals surface area (Å²) in [6.07, 6.45) is 0.354. The maximum absolute atomic E-state index is 12.5. The summed E-state index contributed by atoms with van der Waals surface area (Å²) >= 11 is 0. The van der Waals surface area contributed by atoms with Gasteiger partial charge in [-0.25, -0.2) is 0 Å². The van der Waals surface area contributed by atoms with E-state index >= 15 is 0 Å². The Labute approximate surface area is 166 Å². The van der Waals surface area contributed by atoms with E-state index < -0.39 is 0 Å². The highest BCUT2D eigenvalue weighted by molar-refractivity contribution is 5.85. The number of aryl methyl sites for hydroxylation is 1. The van der Waals surface area contributed by atoms with Crippen molar-refractivity contribution in [3.05, 3.63) is 53.4 Å². The molecule has 2 heterocycles. The molecule has 2 N–H and O–H groups in total. The van der Waals surface area contributed by atoms with Crippen molar-refractivity contribution < 1.29 is 9.32 Å². The molecule has 26 heavy (non-hydrogen) atoms. The Morgan fingerprint density at radius 1 is 1.19 bits per heavy atom. The molecule has 3 rings (SSSR count). The highest BCUT2D eigenvalue weighted by atomic mass is 35.5. The Hall–Kier alpha value is -1.60. The number of halogens is 2. The second kappa shape index (κ2) is 10.5. The summed E-state index contributed by atoms with van der Waals surface area (Å²) in [7, 11) is 0. The van der Waals surface area contributed by atoms with E-state index in [1.807, 2.05) is 48.2 Å². The van der Waals surface area contributed by atoms with Gasteiger partial charge in [-0.05, 0) is 12.5 Å². The second-order valence-corrected chi connectivity index (χ2v) is 6.31. The fourth-order valence-corrected chi connectivity index (χ4v) is 3.01. The predicted molar refractivity (Wildman–Crippen MR) is 106 cm³/mol. The van der Waals surface area contributed by atoms with E-state index in [1.54, 1.807) is 0 Å². The zero-order valence-corrected chi connectivity index (χ0v) is 16.5. The van der Waals surface area contributed by atoms with Crippen LogP contribution in [0.4, 0.5) is 0 Å². The molecule has 1 fully saturated rings. The first kappa shape index (κ1) is 22.4. The van der Waals surface area contributed by atoms with Gasteiger partial charge in [0.2, 0.25) is 5.91 Å². The van der Waals surface area contributed by atoms with Crippen LogP contribution in [0, 0.1) is 6.92 Å². The fourth-order valence-electron chi connectivity index (χ4n) is 3.01. The average Bonchev–Trinajstić information content (AvgIpc) is 3.01. The summed E-state index contributed by atoms with van der Waals surface area (Å²) in [5.74, 6) is 0.956. The Kier molecular flexibility index (Phi) is 9.08. The van der Waals surface area contributed by atoms with Crippen LogP contribution in [0.3, 0.4) is 0 Å². The van der Waals surface area contributed by atoms with E-state index in [2.05, 4.69) is 10.1 Å². The summed E-state index contributed by atoms with van der Waals surface area (Å²) in [6.45, 7) is 5.82. The number of hydrogen-bond acceptors (Lipinski definition) is 5. The number of carbonyl (C=O) groups is 1. The van der Waals surface area contributed by atoms with Gasteiger partial charge in [0.25, 0.3) is 0 Å². The molecular weight excluding hydrogens is 375 g/mol. The molecule has 0 radical (unpaired) electrons. The third-order valence-corrected chi connectivity index (χ3v) is 4.41. The summed E-state index contributed by atoms with van der Waals surface area (Å²) < 4.78 is 5.10. The molecule has 1 unspecified atom stereocenters. The molecule has 1 aromatic carbocycles. The maximum Gasteiger partial charge on any atom is 0.224 e. The van der Waals surface area contributed by atoms with Crippen LogP contribution < -0.4 is 5.73 Å². The highest BCUT2D eigenvalue weighted by Crippen LogP contribution is 2.16. The van der Waals surface area contributed by atoms with Crippen molar-refractivity contribution in [1.29, 1.82) is 0 Å². The monoisotopic (exact) mass is 400 g/mol. The van der Waals surface area contributed by atoms with Gasteiger partial charge in [0.1, 0.15) is 5.76 Å². The lowest BCUT2D eigenvalue weighted by Gasteiger charge is -2.34. The summed E-state index contributed by atoms with van der Waals surface area (Å²) in [5.41, 5.74) is 8.11. The van der Waals surface area contributed by atoms with Crippen LogP contribution in [0.5, 0.6) is 0 Å². The molecule has 8 heteroatoms. The molecule has 1 aliphatic rings. The molecule has 1 atom stereocenters. The van der Waals surface area contributed by atoms with Gasteiger partial charge >= 0.3 is 0 Å². The molecule has 1 aliphatic heterocycles. The van der Waals surface area contributed by atoms with Gasteiger partial charge in [0.15, 0.2) is 0 Å². The molecule has 1 aromatic heterocycles. The van der Waals surface area contributed by atoms with Crippen molar-refractivity contribution in [3.63, 3.8) is 0 Å². The molecular formula is C18H26Cl2N4O2. The Balaban J connectivity index is 0.00000169. The van der Waals surface area contributed by atoms with Gasteiger partial charge < -0.3 is 15.2 Å². The Bertz CT molecular complexity index is 673. The first-order valence-corrected chi connectivity index (χ1v) is 8.34. The lowest BCUT2D eigenvalue weighted by Crippen LogP contribution is -2.48. The lowest BCUT2D eigenvalue weighted by atomic mass is 10.0. The summed E-state index contributed by atoms with van der Waals surface area (Å²) in [6, 6.07) is 11.5. The molecule has 6 nitrogen and oxygen atoms in total. The van der Waals surface area contributed by atoms with Gasteiger partial charge in [0.05, 0.1) is 5.69 Å². The van der Waals surface area contributed by atoms with Crippen molar-refractivity contribution in [3.8, 4) is 0 Å². The number of aromatic nitrogens is 1. The topological polar surface area (TPSA) is 75.6 Å². The minimum Gasteiger partial charge on any atom is -0.361 e. The quantitative estimate of drug-likeness (QED) is 0.834. The Morgan fingerprint density at radius 2 is 1.85 bits per heavy atom. The number of rotatable bonds is 5. The number of piperazine rings is 1. The molecule has 144 valence electrons. The first-order chi connectivity index (χ1) is 11.6. The van der Waals surface area contributed by atoms with E-state index in [4.69, 9.17) is 10.3 Å². The van der Waals surface area contributed by atoms with E-state index in [0.717, 1.165) is 49.7 Å². The SMILES string of the molecule is Cc1cc(CN2CCN(C(=O)CC(N)c3ccccc3)CC2)no1.Cl.Cl. The third kappa shape index (κ3) is 5.99. The van der Waals surface area contributed by atoms with Crippen molar-refractivity contribution in [1.82, 2.24) is 15.0 Å². The van der Waals surface area contributed by atoms with Gasteiger partial charge in [-0.2, -0.15) is 0 Å². The number of carbonyl (C=O) groups excluding carboxylic acids is 1. The second-order valence-electron chi connectivity index (χ2n) is 6.31. The van der Waals surface area contributed by atoms with Crippen LogP contribution in [0.15, 0.2) is 40.9 Å². The molecule has 2 aromatic rings. The first-order valence-electron chi connectivity index (χ1n) is 8.34. The van der Waals surface area contributed by atoms with Crippen molar-refractivity contribution in [2.24, 2.45) is 5.73 Å². The van der Waals surface area contributed by atoms with E-state index in [0.29, 0.717) is 6.42 Å². The summed E-state index contributed by atoms with van der Waals surface area (Å²) in [4.78, 5) is 16.7. The van der Waals surface area contributed by atoms with Gasteiger partial charge in [-0.15, -0.1) is 24.8 Å². The van der Waals surface area contributed by atoms with Crippen molar-refractivity contribution in [2.45, 2.75) is 25.9 Å². The fraction of sp³-hybridized carbons (Fsp3) is 0.444. The van der Waals surface area contributed by atoms with E-state index in [1.165, 1.54) is 0 Å². The van der Waals surface area contributed by atoms with Crippen LogP contribution in [0.2, 0.25) is 0 Å². The van der Waals surface area contributed by atoms with E-state index in [-0.39, 0.29) is 36.8 Å². The van der Waals surface area contributed by atoms with Crippen LogP contribution >= 0.6 is 24.8 Å². The van der Waals surface area contributed by atoms with Crippen molar-refractivity contribution >= 4 is 30.7 Å². The lowest BCUT2D eigenvalue weighted by molar-refractivity contribution is -0.133. The van der Waals surface area contributed by atoms with Gasteiger partial charge in [-0.3, -0.25) is 9.69 Å². The third-order valence-electron chi connectivity index (χ3n) is 4.41. The maximum atomic E-state index is 12.5. The number of amides is 1. The predicted octanol–water partition coefficient (Wildman–Crippen LogP) is 2.56. The van der Waals surface area contributed by atoms with Crippen LogP contribution in [0.1, 0.15) is 29.5 Å². The minimum absolute atomic E-state index is 0. The molecule has 0 aliphatic carbocycles. The molecule has 0 saturated carbocycles. The number of benzene rings is 1. The van der Waals surface area contributed by atoms with E-state index in [9.17, 15) is 4.79 Å². The standard InChI is InChI=1S/C18H24N4O2.2ClH/c1-14-11-16(20-24-14)13-21-7-9-22(10-8-21)18(23)12-17(19)15-5-3-2-4-6-15;;/h2-6,11,17H,7-10,12-13,19H2,1H3;2*1H. The Morgan fingerprint density at radius 3 is 2.42 bits per heavy atom. The zero-order chi connectivity index (χ0) is 16.9. The number of nitrogens with two attached hydrogens (primary N) is 1. The number of nitrogens with zero attached hydrogens (tertiary/aromatic N) is 3. The normalized spacial score (nSPS) is 15.7. The van der Waals surface area contributed by atoms with Gasteiger partial charge in [-0.1, -0.05) is 35.5 Å². The molecule has 0 spiro atoms. The largest absolute Gasteiger partial charge is 0.361 e. The van der Waals surface area contributed by atoms with Crippen LogP contribution in [0.25, 0.3) is 0 Å². The smallest absolute Gasteiger partial charge is 0.224 e. The summed E-state index contributed by atoms with van der Waals surface area (Å²) in [5, 5.41) is 4.02. The molecule has 1 amide bonds. The average molecular weight is 401 g/mol. The molecule has 0 bridgehead atoms. The zero-order valence-electron chi connectivity index (χ0n) is 14.8. The highest BCUT2D eigenvalue weighted by Gasteiger charge is 2.23.